The number of rotatable bonds is 6. The number of benzene rings is 2. The van der Waals surface area contributed by atoms with E-state index in [1.165, 1.54) is 11.1 Å². The molecule has 0 fully saturated rings. The first kappa shape index (κ1) is 19.1. The first-order chi connectivity index (χ1) is 14.2. The van der Waals surface area contributed by atoms with Gasteiger partial charge in [-0.3, -0.25) is 0 Å². The van der Waals surface area contributed by atoms with Crippen molar-refractivity contribution in [2.24, 2.45) is 0 Å². The van der Waals surface area contributed by atoms with Gasteiger partial charge in [0.1, 0.15) is 6.33 Å². The molecule has 1 N–H and O–H groups in total. The highest BCUT2D eigenvalue weighted by Gasteiger charge is 2.31. The van der Waals surface area contributed by atoms with Crippen molar-refractivity contribution in [2.45, 2.75) is 31.8 Å². The quantitative estimate of drug-likeness (QED) is 0.681. The lowest BCUT2D eigenvalue weighted by Gasteiger charge is -2.32. The number of anilines is 1. The van der Waals surface area contributed by atoms with E-state index in [1.54, 1.807) is 27.7 Å². The molecule has 1 aliphatic rings. The summed E-state index contributed by atoms with van der Waals surface area (Å²) >= 11 is 0. The minimum Gasteiger partial charge on any atom is -0.493 e. The molecular formula is C22H26N4O3. The Hall–Kier alpha value is -3.22. The van der Waals surface area contributed by atoms with E-state index in [4.69, 9.17) is 14.2 Å². The minimum absolute atomic E-state index is 0.0155. The maximum absolute atomic E-state index is 5.55. The van der Waals surface area contributed by atoms with Gasteiger partial charge >= 0.3 is 0 Å². The number of nitrogens with one attached hydrogen (secondary N) is 1. The van der Waals surface area contributed by atoms with Gasteiger partial charge in [0.25, 0.3) is 0 Å². The van der Waals surface area contributed by atoms with E-state index in [0.29, 0.717) is 17.2 Å². The lowest BCUT2D eigenvalue weighted by atomic mass is 9.92. The Morgan fingerprint density at radius 3 is 2.28 bits per heavy atom. The van der Waals surface area contributed by atoms with E-state index in [1.807, 2.05) is 16.8 Å². The summed E-state index contributed by atoms with van der Waals surface area (Å²) in [5.41, 5.74) is 3.59. The van der Waals surface area contributed by atoms with Gasteiger partial charge in [-0.25, -0.2) is 4.68 Å². The summed E-state index contributed by atoms with van der Waals surface area (Å²) in [6.07, 6.45) is 3.43. The Balaban J connectivity index is 1.75. The van der Waals surface area contributed by atoms with Crippen molar-refractivity contribution in [3.63, 3.8) is 0 Å². The molecule has 0 saturated carbocycles. The van der Waals surface area contributed by atoms with Gasteiger partial charge in [0, 0.05) is 0 Å². The number of fused-ring (bicyclic) bond motifs is 1. The normalized spacial score (nSPS) is 17.9. The summed E-state index contributed by atoms with van der Waals surface area (Å²) < 4.78 is 18.5. The highest BCUT2D eigenvalue weighted by atomic mass is 16.5. The van der Waals surface area contributed by atoms with Crippen LogP contribution in [-0.4, -0.2) is 36.1 Å². The number of hydrogen-bond acceptors (Lipinski definition) is 6. The van der Waals surface area contributed by atoms with E-state index < -0.39 is 0 Å². The number of methoxy groups -OCH3 is 3. The summed E-state index contributed by atoms with van der Waals surface area (Å²) in [4.78, 5) is 4.41. The molecular weight excluding hydrogens is 368 g/mol. The van der Waals surface area contributed by atoms with Crippen LogP contribution in [0.3, 0.4) is 0 Å². The largest absolute Gasteiger partial charge is 0.493 e. The highest BCUT2D eigenvalue weighted by Crippen LogP contribution is 2.44. The van der Waals surface area contributed by atoms with Gasteiger partial charge in [0.2, 0.25) is 11.7 Å². The van der Waals surface area contributed by atoms with Gasteiger partial charge in [-0.15, -0.1) is 0 Å². The van der Waals surface area contributed by atoms with E-state index in [-0.39, 0.29) is 12.1 Å². The molecule has 0 spiro atoms. The van der Waals surface area contributed by atoms with Crippen molar-refractivity contribution in [1.82, 2.24) is 14.8 Å². The minimum atomic E-state index is -0.0155. The zero-order valence-electron chi connectivity index (χ0n) is 17.2. The molecule has 1 aliphatic heterocycles. The first-order valence-electron chi connectivity index (χ1n) is 9.73. The molecule has 7 nitrogen and oxygen atoms in total. The van der Waals surface area contributed by atoms with Gasteiger partial charge in [0.05, 0.1) is 33.4 Å². The molecule has 2 atom stereocenters. The average molecular weight is 394 g/mol. The van der Waals surface area contributed by atoms with Gasteiger partial charge < -0.3 is 19.5 Å². The van der Waals surface area contributed by atoms with Crippen molar-refractivity contribution in [1.29, 1.82) is 0 Å². The number of aromatic nitrogens is 3. The fourth-order valence-electron chi connectivity index (χ4n) is 3.90. The molecule has 7 heteroatoms. The van der Waals surface area contributed by atoms with Crippen LogP contribution in [0.25, 0.3) is 0 Å². The predicted molar refractivity (Wildman–Crippen MR) is 111 cm³/mol. The molecule has 0 unspecified atom stereocenters. The fourth-order valence-corrected chi connectivity index (χ4v) is 3.90. The monoisotopic (exact) mass is 394 g/mol. The van der Waals surface area contributed by atoms with Crippen LogP contribution in [0, 0.1) is 0 Å². The average Bonchev–Trinajstić information content (AvgIpc) is 3.26. The smallest absolute Gasteiger partial charge is 0.222 e. The maximum atomic E-state index is 5.55. The zero-order valence-corrected chi connectivity index (χ0v) is 17.2. The van der Waals surface area contributed by atoms with Crippen LogP contribution in [0.1, 0.15) is 42.1 Å². The molecule has 2 heterocycles. The first-order valence-corrected chi connectivity index (χ1v) is 9.73. The zero-order chi connectivity index (χ0) is 20.4. The summed E-state index contributed by atoms with van der Waals surface area (Å²) in [6, 6.07) is 12.8. The van der Waals surface area contributed by atoms with Crippen LogP contribution >= 0.6 is 0 Å². The van der Waals surface area contributed by atoms with Crippen molar-refractivity contribution >= 4 is 5.95 Å². The summed E-state index contributed by atoms with van der Waals surface area (Å²) in [5, 5.41) is 7.97. The Kier molecular flexibility index (Phi) is 5.29. The molecule has 0 radical (unpaired) electrons. The second-order valence-electron chi connectivity index (χ2n) is 7.03. The summed E-state index contributed by atoms with van der Waals surface area (Å²) in [5.74, 6) is 2.59. The number of hydrogen-bond donors (Lipinski definition) is 1. The SMILES string of the molecule is CCc1ccc([C@@H]2C[C@H](c3cc(OC)c(OC)c(OC)c3)n3ncnc3N2)cc1. The van der Waals surface area contributed by atoms with E-state index in [9.17, 15) is 0 Å². The molecule has 0 aliphatic carbocycles. The van der Waals surface area contributed by atoms with Gasteiger partial charge in [-0.05, 0) is 41.7 Å². The van der Waals surface area contributed by atoms with Gasteiger partial charge in [-0.1, -0.05) is 31.2 Å². The molecule has 3 aromatic rings. The van der Waals surface area contributed by atoms with E-state index in [0.717, 1.165) is 24.4 Å². The van der Waals surface area contributed by atoms with Crippen LogP contribution in [0.15, 0.2) is 42.7 Å². The van der Waals surface area contributed by atoms with Crippen molar-refractivity contribution < 1.29 is 14.2 Å². The standard InChI is InChI=1S/C22H26N4O3/c1-5-14-6-8-15(9-7-14)17-12-18(26-22(25-17)23-13-24-26)16-10-19(27-2)21(29-4)20(11-16)28-3/h6-11,13,17-18H,5,12H2,1-4H3,(H,23,24,25)/t17-,18+/m0/s1. The summed E-state index contributed by atoms with van der Waals surface area (Å²) in [7, 11) is 4.86. The lowest BCUT2D eigenvalue weighted by molar-refractivity contribution is 0.322. The highest BCUT2D eigenvalue weighted by molar-refractivity contribution is 5.55. The Morgan fingerprint density at radius 1 is 1.00 bits per heavy atom. The van der Waals surface area contributed by atoms with Gasteiger partial charge in [-0.2, -0.15) is 10.1 Å². The third kappa shape index (κ3) is 3.48. The lowest BCUT2D eigenvalue weighted by Crippen LogP contribution is -2.28. The fraction of sp³-hybridized carbons (Fsp3) is 0.364. The topological polar surface area (TPSA) is 70.4 Å². The summed E-state index contributed by atoms with van der Waals surface area (Å²) in [6.45, 7) is 2.16. The number of nitrogens with zero attached hydrogens (tertiary/aromatic N) is 3. The van der Waals surface area contributed by atoms with Gasteiger partial charge in [0.15, 0.2) is 11.5 Å². The number of aryl methyl sites for hydroxylation is 1. The van der Waals surface area contributed by atoms with Crippen LogP contribution < -0.4 is 19.5 Å². The molecule has 0 amide bonds. The Labute approximate surface area is 170 Å². The molecule has 0 bridgehead atoms. The Morgan fingerprint density at radius 2 is 1.69 bits per heavy atom. The molecule has 0 saturated heterocycles. The molecule has 29 heavy (non-hydrogen) atoms. The second-order valence-corrected chi connectivity index (χ2v) is 7.03. The molecule has 1 aromatic heterocycles. The van der Waals surface area contributed by atoms with E-state index in [2.05, 4.69) is 46.6 Å². The van der Waals surface area contributed by atoms with Crippen LogP contribution in [-0.2, 0) is 6.42 Å². The third-order valence-electron chi connectivity index (χ3n) is 5.49. The van der Waals surface area contributed by atoms with Crippen molar-refractivity contribution in [3.05, 3.63) is 59.4 Å². The van der Waals surface area contributed by atoms with Crippen LogP contribution in [0.5, 0.6) is 17.2 Å². The third-order valence-corrected chi connectivity index (χ3v) is 5.49. The predicted octanol–water partition coefficient (Wildman–Crippen LogP) is 4.01. The number of ether oxygens (including phenoxy) is 3. The molecule has 4 rings (SSSR count). The Bertz CT molecular complexity index is 959. The van der Waals surface area contributed by atoms with E-state index >= 15 is 0 Å². The van der Waals surface area contributed by atoms with Crippen LogP contribution in [0.2, 0.25) is 0 Å². The van der Waals surface area contributed by atoms with Crippen molar-refractivity contribution in [2.75, 3.05) is 26.6 Å². The van der Waals surface area contributed by atoms with Crippen molar-refractivity contribution in [3.8, 4) is 17.2 Å². The molecule has 152 valence electrons. The van der Waals surface area contributed by atoms with Crippen LogP contribution in [0.4, 0.5) is 5.95 Å². The maximum Gasteiger partial charge on any atom is 0.222 e. The molecule has 2 aromatic carbocycles. The second kappa shape index (κ2) is 8.03.